The molecule has 40 heavy (non-hydrogen) atoms. The Balaban J connectivity index is 1.27. The van der Waals surface area contributed by atoms with Crippen LogP contribution in [0.3, 0.4) is 0 Å². The van der Waals surface area contributed by atoms with Crippen molar-refractivity contribution in [2.75, 3.05) is 23.3 Å². The third kappa shape index (κ3) is 5.62. The summed E-state index contributed by atoms with van der Waals surface area (Å²) in [6, 6.07) is 24.6. The molecule has 2 aliphatic rings. The summed E-state index contributed by atoms with van der Waals surface area (Å²) in [5, 5.41) is 7.99. The van der Waals surface area contributed by atoms with Crippen LogP contribution in [-0.2, 0) is 17.9 Å². The molecule has 1 saturated heterocycles. The number of rotatable bonds is 7. The average molecular weight is 551 g/mol. The molecule has 202 valence electrons. The Labute approximate surface area is 236 Å². The van der Waals surface area contributed by atoms with Crippen LogP contribution in [0.15, 0.2) is 95.1 Å². The molecule has 2 aromatic carbocycles. The van der Waals surface area contributed by atoms with E-state index in [2.05, 4.69) is 15.5 Å². The fourth-order valence-corrected chi connectivity index (χ4v) is 6.38. The van der Waals surface area contributed by atoms with Crippen LogP contribution in [0.5, 0.6) is 0 Å². The minimum absolute atomic E-state index is 0.0525. The molecule has 0 spiro atoms. The lowest BCUT2D eigenvalue weighted by Crippen LogP contribution is -2.47. The molecule has 0 saturated carbocycles. The fourth-order valence-electron chi connectivity index (χ4n) is 5.74. The second kappa shape index (κ2) is 11.4. The van der Waals surface area contributed by atoms with E-state index in [9.17, 15) is 14.4 Å². The zero-order valence-electron chi connectivity index (χ0n) is 22.0. The largest absolute Gasteiger partial charge is 0.369 e. The van der Waals surface area contributed by atoms with Gasteiger partial charge >= 0.3 is 0 Å². The number of nitrogens with zero attached hydrogens (tertiary/aromatic N) is 2. The predicted octanol–water partition coefficient (Wildman–Crippen LogP) is 5.12. The van der Waals surface area contributed by atoms with Crippen LogP contribution in [-0.4, -0.2) is 29.5 Å². The highest BCUT2D eigenvalue weighted by atomic mass is 32.1. The van der Waals surface area contributed by atoms with Crippen LogP contribution in [0.2, 0.25) is 0 Å². The minimum Gasteiger partial charge on any atom is -0.369 e. The van der Waals surface area contributed by atoms with Crippen molar-refractivity contribution >= 4 is 40.6 Å². The number of carbonyl (C=O) groups is 2. The Bertz CT molecular complexity index is 1610. The number of benzene rings is 2. The number of nitrogens with one attached hydrogen (secondary N) is 2. The third-order valence-corrected chi connectivity index (χ3v) is 8.44. The molecule has 2 bridgehead atoms. The molecule has 2 aliphatic heterocycles. The summed E-state index contributed by atoms with van der Waals surface area (Å²) < 4.78 is 1.91. The average Bonchev–Trinajstić information content (AvgIpc) is 3.50. The van der Waals surface area contributed by atoms with Gasteiger partial charge in [-0.3, -0.25) is 14.4 Å². The van der Waals surface area contributed by atoms with Gasteiger partial charge < -0.3 is 20.1 Å². The Morgan fingerprint density at radius 3 is 2.65 bits per heavy atom. The van der Waals surface area contributed by atoms with Crippen molar-refractivity contribution in [3.05, 3.63) is 122 Å². The molecule has 2 atom stereocenters. The monoisotopic (exact) mass is 550 g/mol. The van der Waals surface area contributed by atoms with E-state index in [1.54, 1.807) is 29.5 Å². The van der Waals surface area contributed by atoms with Crippen molar-refractivity contribution in [3.63, 3.8) is 0 Å². The lowest BCUT2D eigenvalue weighted by atomic mass is 9.83. The number of piperidine rings is 1. The van der Waals surface area contributed by atoms with E-state index in [0.29, 0.717) is 30.3 Å². The number of hydrogen-bond donors (Lipinski definition) is 2. The van der Waals surface area contributed by atoms with Gasteiger partial charge in [0.25, 0.3) is 11.5 Å². The summed E-state index contributed by atoms with van der Waals surface area (Å²) in [7, 11) is 0. The maximum absolute atomic E-state index is 13.0. The maximum Gasteiger partial charge on any atom is 0.251 e. The van der Waals surface area contributed by atoms with E-state index in [-0.39, 0.29) is 23.3 Å². The quantitative estimate of drug-likeness (QED) is 0.313. The minimum atomic E-state index is -0.268. The molecular formula is C32H30N4O3S. The van der Waals surface area contributed by atoms with E-state index in [0.717, 1.165) is 41.3 Å². The number of aromatic nitrogens is 1. The highest BCUT2D eigenvalue weighted by Gasteiger charge is 2.35. The molecule has 1 fully saturated rings. The van der Waals surface area contributed by atoms with E-state index < -0.39 is 0 Å². The van der Waals surface area contributed by atoms with Crippen LogP contribution in [0.4, 0.5) is 11.4 Å². The fraction of sp³-hybridized carbons (Fsp3) is 0.219. The summed E-state index contributed by atoms with van der Waals surface area (Å²) in [6.45, 7) is 2.64. The van der Waals surface area contributed by atoms with Crippen LogP contribution in [0, 0.1) is 5.92 Å². The molecule has 0 radical (unpaired) electrons. The highest BCUT2D eigenvalue weighted by Crippen LogP contribution is 2.39. The molecule has 2 unspecified atom stereocenters. The van der Waals surface area contributed by atoms with Gasteiger partial charge in [0.15, 0.2) is 0 Å². The summed E-state index contributed by atoms with van der Waals surface area (Å²) in [4.78, 5) is 41.9. The highest BCUT2D eigenvalue weighted by molar-refractivity contribution is 7.09. The summed E-state index contributed by atoms with van der Waals surface area (Å²) in [6.07, 6.45) is 4.31. The SMILES string of the molecule is O=C(C=Cc1ccccc1)Nc1cc(C(=O)NCc2cccs2)ccc1N1CC2CC(C1)c1cccc(=O)n1C2. The summed E-state index contributed by atoms with van der Waals surface area (Å²) in [5.41, 5.74) is 4.00. The summed E-state index contributed by atoms with van der Waals surface area (Å²) >= 11 is 1.59. The van der Waals surface area contributed by atoms with Crippen molar-refractivity contribution in [1.29, 1.82) is 0 Å². The lowest BCUT2D eigenvalue weighted by Gasteiger charge is -2.44. The maximum atomic E-state index is 13.0. The van der Waals surface area contributed by atoms with Crippen LogP contribution < -0.4 is 21.1 Å². The Morgan fingerprint density at radius 2 is 1.82 bits per heavy atom. The van der Waals surface area contributed by atoms with Crippen molar-refractivity contribution in [2.45, 2.75) is 25.4 Å². The predicted molar refractivity (Wildman–Crippen MR) is 160 cm³/mol. The van der Waals surface area contributed by atoms with Gasteiger partial charge in [0.05, 0.1) is 17.9 Å². The number of thiophene rings is 1. The number of hydrogen-bond acceptors (Lipinski definition) is 5. The lowest BCUT2D eigenvalue weighted by molar-refractivity contribution is -0.111. The van der Waals surface area contributed by atoms with E-state index in [1.807, 2.05) is 76.7 Å². The number of amides is 2. The number of anilines is 2. The van der Waals surface area contributed by atoms with Gasteiger partial charge in [-0.05, 0) is 59.7 Å². The molecule has 4 heterocycles. The van der Waals surface area contributed by atoms with Crippen LogP contribution in [0.1, 0.15) is 38.8 Å². The first-order valence-electron chi connectivity index (χ1n) is 13.5. The number of fused-ring (bicyclic) bond motifs is 4. The van der Waals surface area contributed by atoms with Gasteiger partial charge in [-0.2, -0.15) is 0 Å². The molecule has 6 rings (SSSR count). The van der Waals surface area contributed by atoms with Crippen molar-refractivity contribution in [1.82, 2.24) is 9.88 Å². The summed E-state index contributed by atoms with van der Waals surface area (Å²) in [5.74, 6) is 0.0767. The van der Waals surface area contributed by atoms with Gasteiger partial charge in [0.1, 0.15) is 0 Å². The molecule has 7 nitrogen and oxygen atoms in total. The van der Waals surface area contributed by atoms with E-state index in [1.165, 1.54) is 6.08 Å². The van der Waals surface area contributed by atoms with Gasteiger partial charge in [0, 0.05) is 53.8 Å². The second-order valence-electron chi connectivity index (χ2n) is 10.3. The zero-order chi connectivity index (χ0) is 27.5. The van der Waals surface area contributed by atoms with Crippen molar-refractivity contribution in [2.24, 2.45) is 5.92 Å². The van der Waals surface area contributed by atoms with Crippen molar-refractivity contribution in [3.8, 4) is 0 Å². The number of carbonyl (C=O) groups excluding carboxylic acids is 2. The first-order chi connectivity index (χ1) is 19.5. The third-order valence-electron chi connectivity index (χ3n) is 7.57. The van der Waals surface area contributed by atoms with Gasteiger partial charge in [-0.15, -0.1) is 11.3 Å². The van der Waals surface area contributed by atoms with Crippen molar-refractivity contribution < 1.29 is 9.59 Å². The Hall–Kier alpha value is -4.43. The number of pyridine rings is 1. The Morgan fingerprint density at radius 1 is 0.950 bits per heavy atom. The van der Waals surface area contributed by atoms with Gasteiger partial charge in [-0.1, -0.05) is 42.5 Å². The first kappa shape index (κ1) is 25.8. The topological polar surface area (TPSA) is 83.4 Å². The zero-order valence-corrected chi connectivity index (χ0v) is 22.8. The molecule has 2 aromatic heterocycles. The molecule has 8 heteroatoms. The van der Waals surface area contributed by atoms with E-state index in [4.69, 9.17) is 0 Å². The smallest absolute Gasteiger partial charge is 0.251 e. The molecule has 4 aromatic rings. The van der Waals surface area contributed by atoms with Gasteiger partial charge in [0.2, 0.25) is 5.91 Å². The first-order valence-corrected chi connectivity index (χ1v) is 14.3. The molecular weight excluding hydrogens is 520 g/mol. The standard InChI is InChI=1S/C32H30N4O3S/c37-30(14-11-22-6-2-1-3-7-22)34-27-17-24(32(39)33-18-26-8-5-15-40-26)12-13-29(27)35-19-23-16-25(21-35)28-9-4-10-31(38)36(28)20-23/h1-15,17,23,25H,16,18-21H2,(H,33,39)(H,34,37). The van der Waals surface area contributed by atoms with E-state index >= 15 is 0 Å². The normalized spacial score (nSPS) is 17.9. The van der Waals surface area contributed by atoms with Crippen LogP contribution >= 0.6 is 11.3 Å². The van der Waals surface area contributed by atoms with Gasteiger partial charge in [-0.25, -0.2) is 0 Å². The molecule has 2 N–H and O–H groups in total. The molecule has 2 amide bonds. The second-order valence-corrected chi connectivity index (χ2v) is 11.4. The Kier molecular flexibility index (Phi) is 7.33. The molecule has 0 aliphatic carbocycles. The van der Waals surface area contributed by atoms with Crippen LogP contribution in [0.25, 0.3) is 6.08 Å².